The van der Waals surface area contributed by atoms with E-state index in [0.29, 0.717) is 10.7 Å². The zero-order chi connectivity index (χ0) is 16.0. The lowest BCUT2D eigenvalue weighted by molar-refractivity contribution is -0.144. The first kappa shape index (κ1) is 17.3. The number of hydrogen-bond donors (Lipinski definition) is 2. The van der Waals surface area contributed by atoms with E-state index in [-0.39, 0.29) is 5.92 Å². The quantitative estimate of drug-likeness (QED) is 0.819. The van der Waals surface area contributed by atoms with Crippen LogP contribution in [0.25, 0.3) is 0 Å². The van der Waals surface area contributed by atoms with E-state index in [1.54, 1.807) is 12.1 Å². The van der Waals surface area contributed by atoms with Gasteiger partial charge < -0.3 is 15.4 Å². The van der Waals surface area contributed by atoms with Crippen molar-refractivity contribution in [3.8, 4) is 0 Å². The molecule has 5 nitrogen and oxygen atoms in total. The summed E-state index contributed by atoms with van der Waals surface area (Å²) in [7, 11) is 1.30. The van der Waals surface area contributed by atoms with Crippen LogP contribution in [0.4, 0.5) is 10.5 Å². The van der Waals surface area contributed by atoms with Crippen molar-refractivity contribution in [3.63, 3.8) is 0 Å². The fraction of sp³-hybridized carbons (Fsp3) is 0.467. The van der Waals surface area contributed by atoms with Crippen LogP contribution in [0.3, 0.4) is 0 Å². The molecule has 116 valence electrons. The number of urea groups is 1. The number of methoxy groups -OCH3 is 1. The van der Waals surface area contributed by atoms with E-state index in [2.05, 4.69) is 10.6 Å². The topological polar surface area (TPSA) is 67.4 Å². The molecular weight excluding hydrogens is 292 g/mol. The summed E-state index contributed by atoms with van der Waals surface area (Å²) in [4.78, 5) is 23.7. The minimum atomic E-state index is -0.680. The van der Waals surface area contributed by atoms with Gasteiger partial charge in [-0.15, -0.1) is 0 Å². The van der Waals surface area contributed by atoms with E-state index in [9.17, 15) is 9.59 Å². The number of carbonyl (C=O) groups excluding carboxylic acids is 2. The molecule has 1 rings (SSSR count). The number of amides is 2. The number of carbonyl (C=O) groups is 2. The van der Waals surface area contributed by atoms with Gasteiger partial charge in [-0.1, -0.05) is 37.9 Å². The van der Waals surface area contributed by atoms with E-state index in [1.807, 2.05) is 26.8 Å². The van der Waals surface area contributed by atoms with Crippen molar-refractivity contribution in [1.82, 2.24) is 5.32 Å². The lowest BCUT2D eigenvalue weighted by Crippen LogP contribution is -2.47. The second-order valence-corrected chi connectivity index (χ2v) is 5.36. The van der Waals surface area contributed by atoms with Gasteiger partial charge in [-0.2, -0.15) is 0 Å². The van der Waals surface area contributed by atoms with Gasteiger partial charge in [-0.25, -0.2) is 9.59 Å². The summed E-state index contributed by atoms with van der Waals surface area (Å²) in [5.41, 5.74) is 1.49. The molecule has 6 heteroatoms. The number of nitrogens with one attached hydrogen (secondary N) is 2. The number of anilines is 1. The predicted molar refractivity (Wildman–Crippen MR) is 83.6 cm³/mol. The van der Waals surface area contributed by atoms with Crippen molar-refractivity contribution >= 4 is 29.3 Å². The summed E-state index contributed by atoms with van der Waals surface area (Å²) >= 11 is 6.00. The van der Waals surface area contributed by atoms with Crippen molar-refractivity contribution in [3.05, 3.63) is 28.8 Å². The molecule has 0 fully saturated rings. The van der Waals surface area contributed by atoms with Gasteiger partial charge in [0.1, 0.15) is 6.04 Å². The van der Waals surface area contributed by atoms with Crippen LogP contribution < -0.4 is 10.6 Å². The maximum Gasteiger partial charge on any atom is 0.328 e. The molecule has 1 aromatic carbocycles. The van der Waals surface area contributed by atoms with E-state index in [1.165, 1.54) is 7.11 Å². The number of esters is 1. The lowest BCUT2D eigenvalue weighted by atomic mass is 9.99. The third-order valence-electron chi connectivity index (χ3n) is 3.38. The summed E-state index contributed by atoms with van der Waals surface area (Å²) in [6.07, 6.45) is 0.746. The van der Waals surface area contributed by atoms with E-state index < -0.39 is 18.0 Å². The highest BCUT2D eigenvalue weighted by Gasteiger charge is 2.26. The number of aryl methyl sites for hydroxylation is 1. The molecule has 2 amide bonds. The molecule has 0 aliphatic rings. The Morgan fingerprint density at radius 3 is 2.57 bits per heavy atom. The van der Waals surface area contributed by atoms with Crippen LogP contribution in [0.5, 0.6) is 0 Å². The molecule has 2 N–H and O–H groups in total. The molecule has 0 bridgehead atoms. The largest absolute Gasteiger partial charge is 0.467 e. The molecule has 0 aliphatic heterocycles. The van der Waals surface area contributed by atoms with Gasteiger partial charge in [0.15, 0.2) is 0 Å². The Kier molecular flexibility index (Phi) is 6.49. The Labute approximate surface area is 130 Å². The first-order valence-corrected chi connectivity index (χ1v) is 7.18. The summed E-state index contributed by atoms with van der Waals surface area (Å²) in [5, 5.41) is 5.86. The second kappa shape index (κ2) is 7.88. The van der Waals surface area contributed by atoms with Gasteiger partial charge in [-0.05, 0) is 30.5 Å². The molecule has 0 saturated carbocycles. The maximum atomic E-state index is 12.0. The molecule has 0 saturated heterocycles. The van der Waals surface area contributed by atoms with Gasteiger partial charge in [-0.3, -0.25) is 0 Å². The molecular formula is C15H21ClN2O3. The Balaban J connectivity index is 2.73. The van der Waals surface area contributed by atoms with Crippen LogP contribution in [0.1, 0.15) is 25.8 Å². The Morgan fingerprint density at radius 2 is 2.05 bits per heavy atom. The average molecular weight is 313 g/mol. The average Bonchev–Trinajstić information content (AvgIpc) is 2.47. The van der Waals surface area contributed by atoms with Crippen LogP contribution in [-0.4, -0.2) is 25.2 Å². The molecule has 0 unspecified atom stereocenters. The predicted octanol–water partition coefficient (Wildman–Crippen LogP) is 3.36. The molecule has 1 aromatic rings. The van der Waals surface area contributed by atoms with Gasteiger partial charge in [0.2, 0.25) is 0 Å². The molecule has 21 heavy (non-hydrogen) atoms. The first-order chi connectivity index (χ1) is 9.88. The van der Waals surface area contributed by atoms with Crippen LogP contribution >= 0.6 is 11.6 Å². The number of ether oxygens (including phenoxy) is 1. The first-order valence-electron chi connectivity index (χ1n) is 6.80. The zero-order valence-corrected chi connectivity index (χ0v) is 13.5. The Hall–Kier alpha value is -1.75. The van der Waals surface area contributed by atoms with E-state index >= 15 is 0 Å². The van der Waals surface area contributed by atoms with Crippen LogP contribution in [0.2, 0.25) is 5.02 Å². The number of halogens is 1. The van der Waals surface area contributed by atoms with Crippen molar-refractivity contribution in [2.45, 2.75) is 33.2 Å². The highest BCUT2D eigenvalue weighted by molar-refractivity contribution is 6.31. The molecule has 0 aromatic heterocycles. The normalized spacial score (nSPS) is 13.2. The Morgan fingerprint density at radius 1 is 1.38 bits per heavy atom. The third-order valence-corrected chi connectivity index (χ3v) is 3.79. The minimum Gasteiger partial charge on any atom is -0.467 e. The van der Waals surface area contributed by atoms with Crippen molar-refractivity contribution in [1.29, 1.82) is 0 Å². The van der Waals surface area contributed by atoms with Crippen molar-refractivity contribution in [2.75, 3.05) is 12.4 Å². The summed E-state index contributed by atoms with van der Waals surface area (Å²) < 4.78 is 4.72. The molecule has 2 atom stereocenters. The lowest BCUT2D eigenvalue weighted by Gasteiger charge is -2.22. The summed E-state index contributed by atoms with van der Waals surface area (Å²) in [5.74, 6) is -0.480. The van der Waals surface area contributed by atoms with Crippen molar-refractivity contribution in [2.24, 2.45) is 5.92 Å². The maximum absolute atomic E-state index is 12.0. The monoisotopic (exact) mass is 312 g/mol. The molecule has 0 aliphatic carbocycles. The number of rotatable bonds is 5. The Bertz CT molecular complexity index is 520. The van der Waals surface area contributed by atoms with Gasteiger partial charge >= 0.3 is 12.0 Å². The van der Waals surface area contributed by atoms with Gasteiger partial charge in [0, 0.05) is 10.7 Å². The fourth-order valence-corrected chi connectivity index (χ4v) is 1.96. The smallest absolute Gasteiger partial charge is 0.328 e. The fourth-order valence-electron chi connectivity index (χ4n) is 1.78. The van der Waals surface area contributed by atoms with Crippen LogP contribution in [0.15, 0.2) is 18.2 Å². The molecule has 0 spiro atoms. The zero-order valence-electron chi connectivity index (χ0n) is 12.7. The summed E-state index contributed by atoms with van der Waals surface area (Å²) in [6, 6.07) is 4.07. The molecule has 0 radical (unpaired) electrons. The van der Waals surface area contributed by atoms with Gasteiger partial charge in [0.25, 0.3) is 0 Å². The van der Waals surface area contributed by atoms with Crippen molar-refractivity contribution < 1.29 is 14.3 Å². The van der Waals surface area contributed by atoms with E-state index in [0.717, 1.165) is 12.0 Å². The SMILES string of the molecule is CC[C@H](C)[C@H](NC(=O)Nc1ccc(C)c(Cl)c1)C(=O)OC. The second-order valence-electron chi connectivity index (χ2n) is 4.95. The van der Waals surface area contributed by atoms with E-state index in [4.69, 9.17) is 16.3 Å². The van der Waals surface area contributed by atoms with Gasteiger partial charge in [0.05, 0.1) is 7.11 Å². The van der Waals surface area contributed by atoms with Crippen LogP contribution in [0, 0.1) is 12.8 Å². The molecule has 0 heterocycles. The standard InChI is InChI=1S/C15H21ClN2O3/c1-5-9(2)13(14(19)21-4)18-15(20)17-11-7-6-10(3)12(16)8-11/h6-9,13H,5H2,1-4H3,(H2,17,18,20)/t9-,13-/m0/s1. The number of hydrogen-bond acceptors (Lipinski definition) is 3. The third kappa shape index (κ3) is 4.93. The minimum absolute atomic E-state index is 0.0233. The number of benzene rings is 1. The summed E-state index contributed by atoms with van der Waals surface area (Å²) in [6.45, 7) is 5.70. The van der Waals surface area contributed by atoms with Crippen LogP contribution in [-0.2, 0) is 9.53 Å². The highest BCUT2D eigenvalue weighted by atomic mass is 35.5. The highest BCUT2D eigenvalue weighted by Crippen LogP contribution is 2.20.